The highest BCUT2D eigenvalue weighted by Gasteiger charge is 2.22. The van der Waals surface area contributed by atoms with Crippen LogP contribution in [0.5, 0.6) is 0 Å². The molecule has 2 rings (SSSR count). The van der Waals surface area contributed by atoms with E-state index in [9.17, 15) is 5.11 Å². The summed E-state index contributed by atoms with van der Waals surface area (Å²) >= 11 is 0. The first-order chi connectivity index (χ1) is 8.46. The van der Waals surface area contributed by atoms with Crippen LogP contribution in [0.3, 0.4) is 0 Å². The Bertz CT molecular complexity index is 404. The van der Waals surface area contributed by atoms with Crippen LogP contribution in [0.1, 0.15) is 56.7 Å². The second-order valence-electron chi connectivity index (χ2n) is 6.56. The maximum atomic E-state index is 10.5. The van der Waals surface area contributed by atoms with Crippen molar-refractivity contribution in [3.8, 4) is 0 Å². The molecule has 0 bridgehead atoms. The molecule has 1 nitrogen and oxygen atoms in total. The van der Waals surface area contributed by atoms with Crippen LogP contribution in [-0.2, 0) is 19.3 Å². The van der Waals surface area contributed by atoms with Crippen LogP contribution >= 0.6 is 0 Å². The molecule has 1 aromatic carbocycles. The normalized spacial score (nSPS) is 17.8. The van der Waals surface area contributed by atoms with Crippen molar-refractivity contribution in [1.29, 1.82) is 0 Å². The largest absolute Gasteiger partial charge is 0.390 e. The summed E-state index contributed by atoms with van der Waals surface area (Å²) in [5, 5.41) is 10.5. The van der Waals surface area contributed by atoms with Crippen LogP contribution in [0.15, 0.2) is 18.2 Å². The molecule has 18 heavy (non-hydrogen) atoms. The van der Waals surface area contributed by atoms with Gasteiger partial charge < -0.3 is 5.11 Å². The van der Waals surface area contributed by atoms with Crippen molar-refractivity contribution >= 4 is 0 Å². The van der Waals surface area contributed by atoms with Gasteiger partial charge in [0.1, 0.15) is 0 Å². The molecule has 1 N–H and O–H groups in total. The summed E-state index contributed by atoms with van der Waals surface area (Å²) in [4.78, 5) is 0. The van der Waals surface area contributed by atoms with Gasteiger partial charge in [0, 0.05) is 6.42 Å². The van der Waals surface area contributed by atoms with Crippen LogP contribution in [0.4, 0.5) is 0 Å². The van der Waals surface area contributed by atoms with E-state index in [1.807, 2.05) is 6.92 Å². The lowest BCUT2D eigenvalue weighted by Gasteiger charge is -2.24. The quantitative estimate of drug-likeness (QED) is 0.835. The summed E-state index contributed by atoms with van der Waals surface area (Å²) in [7, 11) is 0. The minimum Gasteiger partial charge on any atom is -0.390 e. The molecule has 0 fully saturated rings. The molecule has 0 spiro atoms. The van der Waals surface area contributed by atoms with E-state index >= 15 is 0 Å². The number of aliphatic hydroxyl groups is 1. The number of hydrogen-bond donors (Lipinski definition) is 1. The zero-order valence-electron chi connectivity index (χ0n) is 12.0. The third-order valence-electron chi connectivity index (χ3n) is 4.01. The van der Waals surface area contributed by atoms with Crippen LogP contribution in [0.2, 0.25) is 0 Å². The minimum absolute atomic E-state index is 0.558. The SMILES string of the molecule is CC(C)CCC(C)(O)Cc1ccc2c(c1)CCC2. The van der Waals surface area contributed by atoms with Crippen LogP contribution < -0.4 is 0 Å². The zero-order valence-corrected chi connectivity index (χ0v) is 12.0. The predicted octanol–water partition coefficient (Wildman–Crippen LogP) is 3.91. The Labute approximate surface area is 111 Å². The van der Waals surface area contributed by atoms with E-state index < -0.39 is 5.60 Å². The van der Waals surface area contributed by atoms with E-state index in [0.717, 1.165) is 19.3 Å². The van der Waals surface area contributed by atoms with Gasteiger partial charge >= 0.3 is 0 Å². The third kappa shape index (κ3) is 3.58. The molecule has 0 heterocycles. The highest BCUT2D eigenvalue weighted by atomic mass is 16.3. The van der Waals surface area contributed by atoms with Gasteiger partial charge in [0.2, 0.25) is 0 Å². The Hall–Kier alpha value is -0.820. The summed E-state index contributed by atoms with van der Waals surface area (Å²) in [5.41, 5.74) is 3.76. The van der Waals surface area contributed by atoms with Crippen molar-refractivity contribution in [3.63, 3.8) is 0 Å². The molecule has 1 aliphatic rings. The fraction of sp³-hybridized carbons (Fsp3) is 0.647. The molecule has 0 saturated heterocycles. The van der Waals surface area contributed by atoms with Crippen molar-refractivity contribution in [2.45, 2.75) is 64.9 Å². The van der Waals surface area contributed by atoms with Gasteiger partial charge in [-0.05, 0) is 61.6 Å². The van der Waals surface area contributed by atoms with Crippen molar-refractivity contribution in [3.05, 3.63) is 34.9 Å². The van der Waals surface area contributed by atoms with Crippen molar-refractivity contribution in [2.75, 3.05) is 0 Å². The number of benzene rings is 1. The van der Waals surface area contributed by atoms with E-state index in [1.54, 1.807) is 0 Å². The first-order valence-electron chi connectivity index (χ1n) is 7.29. The van der Waals surface area contributed by atoms with Gasteiger partial charge in [-0.15, -0.1) is 0 Å². The highest BCUT2D eigenvalue weighted by molar-refractivity contribution is 5.35. The molecule has 0 radical (unpaired) electrons. The maximum Gasteiger partial charge on any atom is 0.0660 e. The molecular weight excluding hydrogens is 220 g/mol. The summed E-state index contributed by atoms with van der Waals surface area (Å²) in [6.45, 7) is 6.40. The fourth-order valence-corrected chi connectivity index (χ4v) is 2.86. The van der Waals surface area contributed by atoms with Crippen LogP contribution in [0, 0.1) is 5.92 Å². The summed E-state index contributed by atoms with van der Waals surface area (Å²) in [6.07, 6.45) is 6.52. The monoisotopic (exact) mass is 246 g/mol. The average Bonchev–Trinajstić information content (AvgIpc) is 2.73. The first kappa shape index (κ1) is 13.6. The Morgan fingerprint density at radius 2 is 1.94 bits per heavy atom. The number of aryl methyl sites for hydroxylation is 2. The Kier molecular flexibility index (Phi) is 4.11. The molecule has 1 atom stereocenters. The molecular formula is C17H26O. The Balaban J connectivity index is 2.00. The predicted molar refractivity (Wildman–Crippen MR) is 76.9 cm³/mol. The minimum atomic E-state index is -0.558. The fourth-order valence-electron chi connectivity index (χ4n) is 2.86. The molecule has 1 aromatic rings. The average molecular weight is 246 g/mol. The lowest BCUT2D eigenvalue weighted by atomic mass is 9.88. The molecule has 1 heteroatoms. The molecule has 0 saturated carbocycles. The molecule has 0 aliphatic heterocycles. The van der Waals surface area contributed by atoms with Crippen molar-refractivity contribution in [1.82, 2.24) is 0 Å². The highest BCUT2D eigenvalue weighted by Crippen LogP contribution is 2.26. The van der Waals surface area contributed by atoms with Crippen LogP contribution in [-0.4, -0.2) is 10.7 Å². The van der Waals surface area contributed by atoms with Gasteiger partial charge in [-0.2, -0.15) is 0 Å². The number of fused-ring (bicyclic) bond motifs is 1. The van der Waals surface area contributed by atoms with E-state index in [4.69, 9.17) is 0 Å². The number of rotatable bonds is 5. The summed E-state index contributed by atoms with van der Waals surface area (Å²) < 4.78 is 0. The number of hydrogen-bond acceptors (Lipinski definition) is 1. The zero-order chi connectivity index (χ0) is 13.2. The van der Waals surface area contributed by atoms with E-state index in [1.165, 1.54) is 36.0 Å². The van der Waals surface area contributed by atoms with Gasteiger partial charge in [0.25, 0.3) is 0 Å². The van der Waals surface area contributed by atoms with Crippen molar-refractivity contribution < 1.29 is 5.11 Å². The lowest BCUT2D eigenvalue weighted by Crippen LogP contribution is -2.27. The van der Waals surface area contributed by atoms with E-state index in [0.29, 0.717) is 5.92 Å². The van der Waals surface area contributed by atoms with E-state index in [-0.39, 0.29) is 0 Å². The van der Waals surface area contributed by atoms with Gasteiger partial charge in [-0.1, -0.05) is 32.0 Å². The third-order valence-corrected chi connectivity index (χ3v) is 4.01. The second-order valence-corrected chi connectivity index (χ2v) is 6.56. The smallest absolute Gasteiger partial charge is 0.0660 e. The van der Waals surface area contributed by atoms with Gasteiger partial charge in [0.15, 0.2) is 0 Å². The summed E-state index contributed by atoms with van der Waals surface area (Å²) in [5.74, 6) is 0.663. The molecule has 1 aliphatic carbocycles. The maximum absolute atomic E-state index is 10.5. The van der Waals surface area contributed by atoms with Gasteiger partial charge in [-0.25, -0.2) is 0 Å². The molecule has 1 unspecified atom stereocenters. The van der Waals surface area contributed by atoms with Crippen molar-refractivity contribution in [2.24, 2.45) is 5.92 Å². The second kappa shape index (κ2) is 5.44. The molecule has 100 valence electrons. The Morgan fingerprint density at radius 3 is 2.67 bits per heavy atom. The molecule has 0 aromatic heterocycles. The van der Waals surface area contributed by atoms with Crippen LogP contribution in [0.25, 0.3) is 0 Å². The van der Waals surface area contributed by atoms with Gasteiger partial charge in [-0.3, -0.25) is 0 Å². The standard InChI is InChI=1S/C17H26O/c1-13(2)9-10-17(3,18)12-14-7-8-15-5-4-6-16(15)11-14/h7-8,11,13,18H,4-6,9-10,12H2,1-3H3. The Morgan fingerprint density at radius 1 is 1.22 bits per heavy atom. The lowest BCUT2D eigenvalue weighted by molar-refractivity contribution is 0.0457. The topological polar surface area (TPSA) is 20.2 Å². The first-order valence-corrected chi connectivity index (χ1v) is 7.29. The summed E-state index contributed by atoms with van der Waals surface area (Å²) in [6, 6.07) is 6.77. The molecule has 0 amide bonds. The van der Waals surface area contributed by atoms with E-state index in [2.05, 4.69) is 32.0 Å². The van der Waals surface area contributed by atoms with Gasteiger partial charge in [0.05, 0.1) is 5.60 Å².